The van der Waals surface area contributed by atoms with Crippen molar-refractivity contribution >= 4 is 28.3 Å². The van der Waals surface area contributed by atoms with Crippen LogP contribution in [0.2, 0.25) is 0 Å². The highest BCUT2D eigenvalue weighted by Crippen LogP contribution is 2.30. The van der Waals surface area contributed by atoms with Crippen molar-refractivity contribution in [1.29, 1.82) is 0 Å². The van der Waals surface area contributed by atoms with E-state index in [0.29, 0.717) is 41.5 Å². The summed E-state index contributed by atoms with van der Waals surface area (Å²) in [4.78, 5) is 51.9. The van der Waals surface area contributed by atoms with E-state index in [1.807, 2.05) is 0 Å². The molecule has 0 bridgehead atoms. The third kappa shape index (κ3) is 4.50. The fraction of sp³-hybridized carbons (Fsp3) is 0.333. The molecule has 7 nitrogen and oxygen atoms in total. The van der Waals surface area contributed by atoms with Crippen molar-refractivity contribution in [2.45, 2.75) is 39.2 Å². The first kappa shape index (κ1) is 20.8. The molecular weight excluding hydrogens is 394 g/mol. The van der Waals surface area contributed by atoms with Gasteiger partial charge in [0.1, 0.15) is 0 Å². The van der Waals surface area contributed by atoms with E-state index in [9.17, 15) is 19.2 Å². The van der Waals surface area contributed by atoms with Crippen LogP contribution in [0.4, 0.5) is 5.69 Å². The van der Waals surface area contributed by atoms with Gasteiger partial charge in [-0.25, -0.2) is 4.79 Å². The van der Waals surface area contributed by atoms with Gasteiger partial charge in [-0.05, 0) is 74.9 Å². The summed E-state index contributed by atoms with van der Waals surface area (Å²) in [6.07, 6.45) is 2.98. The highest BCUT2D eigenvalue weighted by Gasteiger charge is 2.27. The molecule has 1 amide bonds. The van der Waals surface area contributed by atoms with Crippen LogP contribution in [0.3, 0.4) is 0 Å². The lowest BCUT2D eigenvalue weighted by Crippen LogP contribution is -2.38. The highest BCUT2D eigenvalue weighted by molar-refractivity contribution is 5.96. The number of Topliss-reactive ketones (excluding diaryl/α,β-unsaturated/α-hetero) is 1. The van der Waals surface area contributed by atoms with E-state index in [4.69, 9.17) is 0 Å². The van der Waals surface area contributed by atoms with E-state index in [1.54, 1.807) is 48.5 Å². The standard InChI is InChI=1S/C24H25N3O4/c1-15(28)17-10-12-19(13-11-17)25-22(29)18-8-6-16(7-9-18)14-27-23(30)20-4-2-3-5-21(20)26-24(27)31/h2-5,10-13,16,18H,6-9,14H2,1H3,(H,25,29)(H,26,31). The first-order valence-corrected chi connectivity index (χ1v) is 10.6. The van der Waals surface area contributed by atoms with Crippen molar-refractivity contribution in [3.8, 4) is 0 Å². The number of carbonyl (C=O) groups is 2. The van der Waals surface area contributed by atoms with Gasteiger partial charge in [0.2, 0.25) is 5.91 Å². The molecule has 0 aliphatic heterocycles. The lowest BCUT2D eigenvalue weighted by Gasteiger charge is -2.28. The normalized spacial score (nSPS) is 18.6. The highest BCUT2D eigenvalue weighted by atomic mass is 16.2. The number of para-hydroxylation sites is 1. The minimum absolute atomic E-state index is 0.0134. The second kappa shape index (κ2) is 8.71. The van der Waals surface area contributed by atoms with Crippen molar-refractivity contribution in [2.24, 2.45) is 11.8 Å². The van der Waals surface area contributed by atoms with E-state index in [1.165, 1.54) is 11.5 Å². The third-order valence-electron chi connectivity index (χ3n) is 6.11. The molecule has 31 heavy (non-hydrogen) atoms. The van der Waals surface area contributed by atoms with Crippen LogP contribution >= 0.6 is 0 Å². The number of fused-ring (bicyclic) bond motifs is 1. The van der Waals surface area contributed by atoms with Gasteiger partial charge in [-0.1, -0.05) is 12.1 Å². The average molecular weight is 419 g/mol. The first-order valence-electron chi connectivity index (χ1n) is 10.6. The number of aromatic nitrogens is 2. The van der Waals surface area contributed by atoms with Crippen LogP contribution in [0.25, 0.3) is 10.9 Å². The first-order chi connectivity index (χ1) is 14.9. The van der Waals surface area contributed by atoms with Gasteiger partial charge in [0.05, 0.1) is 10.9 Å². The van der Waals surface area contributed by atoms with Crippen LogP contribution in [0.15, 0.2) is 58.1 Å². The lowest BCUT2D eigenvalue weighted by atomic mass is 9.81. The van der Waals surface area contributed by atoms with E-state index in [-0.39, 0.29) is 29.1 Å². The number of amides is 1. The molecule has 2 aromatic carbocycles. The molecule has 3 aromatic rings. The number of rotatable bonds is 5. The smallest absolute Gasteiger partial charge is 0.326 e. The Morgan fingerprint density at radius 1 is 1.00 bits per heavy atom. The Kier molecular flexibility index (Phi) is 5.84. The molecule has 1 saturated carbocycles. The van der Waals surface area contributed by atoms with E-state index < -0.39 is 5.69 Å². The SMILES string of the molecule is CC(=O)c1ccc(NC(=O)C2CCC(Cn3c(=O)[nH]c4ccccc4c3=O)CC2)cc1. The average Bonchev–Trinajstić information content (AvgIpc) is 2.77. The zero-order chi connectivity index (χ0) is 22.0. The van der Waals surface area contributed by atoms with Gasteiger partial charge in [0.15, 0.2) is 5.78 Å². The third-order valence-corrected chi connectivity index (χ3v) is 6.11. The molecule has 4 rings (SSSR count). The van der Waals surface area contributed by atoms with Crippen LogP contribution in [-0.4, -0.2) is 21.2 Å². The molecule has 2 N–H and O–H groups in total. The fourth-order valence-electron chi connectivity index (χ4n) is 4.26. The number of H-pyrrole nitrogens is 1. The molecule has 1 aromatic heterocycles. The molecule has 160 valence electrons. The second-order valence-electron chi connectivity index (χ2n) is 8.23. The van der Waals surface area contributed by atoms with Gasteiger partial charge >= 0.3 is 5.69 Å². The topological polar surface area (TPSA) is 101 Å². The van der Waals surface area contributed by atoms with Crippen LogP contribution in [-0.2, 0) is 11.3 Å². The van der Waals surface area contributed by atoms with Gasteiger partial charge < -0.3 is 10.3 Å². The van der Waals surface area contributed by atoms with Crippen LogP contribution in [0, 0.1) is 11.8 Å². The van der Waals surface area contributed by atoms with Crippen molar-refractivity contribution in [1.82, 2.24) is 9.55 Å². The fourth-order valence-corrected chi connectivity index (χ4v) is 4.26. The van der Waals surface area contributed by atoms with Crippen molar-refractivity contribution in [3.63, 3.8) is 0 Å². The number of benzene rings is 2. The van der Waals surface area contributed by atoms with Crippen LogP contribution in [0.5, 0.6) is 0 Å². The summed E-state index contributed by atoms with van der Waals surface area (Å²) >= 11 is 0. The predicted octanol–water partition coefficient (Wildman–Crippen LogP) is 3.34. The molecule has 1 aliphatic carbocycles. The Bertz CT molecular complexity index is 1230. The minimum Gasteiger partial charge on any atom is -0.326 e. The largest absolute Gasteiger partial charge is 0.328 e. The van der Waals surface area contributed by atoms with Gasteiger partial charge in [0, 0.05) is 23.7 Å². The molecule has 0 saturated heterocycles. The van der Waals surface area contributed by atoms with Gasteiger partial charge in [-0.2, -0.15) is 0 Å². The minimum atomic E-state index is -0.391. The summed E-state index contributed by atoms with van der Waals surface area (Å²) in [6, 6.07) is 13.9. The van der Waals surface area contributed by atoms with Crippen molar-refractivity contribution in [2.75, 3.05) is 5.32 Å². The Morgan fingerprint density at radius 2 is 1.68 bits per heavy atom. The molecule has 1 aliphatic rings. The molecule has 0 atom stereocenters. The Balaban J connectivity index is 1.37. The number of nitrogens with one attached hydrogen (secondary N) is 2. The van der Waals surface area contributed by atoms with E-state index in [0.717, 1.165) is 12.8 Å². The van der Waals surface area contributed by atoms with Crippen LogP contribution < -0.4 is 16.6 Å². The van der Waals surface area contributed by atoms with Gasteiger partial charge in [-0.15, -0.1) is 0 Å². The number of hydrogen-bond acceptors (Lipinski definition) is 4. The number of nitrogens with zero attached hydrogens (tertiary/aromatic N) is 1. The van der Waals surface area contributed by atoms with Crippen LogP contribution in [0.1, 0.15) is 43.0 Å². The molecule has 1 heterocycles. The summed E-state index contributed by atoms with van der Waals surface area (Å²) in [5.74, 6) is 0.0319. The summed E-state index contributed by atoms with van der Waals surface area (Å²) in [5, 5.41) is 3.43. The predicted molar refractivity (Wildman–Crippen MR) is 119 cm³/mol. The number of hydrogen-bond donors (Lipinski definition) is 2. The molecule has 1 fully saturated rings. The molecule has 0 unspecified atom stereocenters. The quantitative estimate of drug-likeness (QED) is 0.620. The maximum absolute atomic E-state index is 12.7. The van der Waals surface area contributed by atoms with E-state index >= 15 is 0 Å². The summed E-state index contributed by atoms with van der Waals surface area (Å²) < 4.78 is 1.28. The van der Waals surface area contributed by atoms with E-state index in [2.05, 4.69) is 10.3 Å². The Hall–Kier alpha value is -3.48. The monoisotopic (exact) mass is 419 g/mol. The maximum atomic E-state index is 12.7. The number of carbonyl (C=O) groups excluding carboxylic acids is 2. The summed E-state index contributed by atoms with van der Waals surface area (Å²) in [5.41, 5.74) is 1.17. The molecule has 0 radical (unpaired) electrons. The lowest BCUT2D eigenvalue weighted by molar-refractivity contribution is -0.121. The van der Waals surface area contributed by atoms with Crippen molar-refractivity contribution < 1.29 is 9.59 Å². The number of ketones is 1. The van der Waals surface area contributed by atoms with Gasteiger partial charge in [-0.3, -0.25) is 19.0 Å². The maximum Gasteiger partial charge on any atom is 0.328 e. The molecule has 0 spiro atoms. The molecular formula is C24H25N3O4. The zero-order valence-corrected chi connectivity index (χ0v) is 17.4. The Labute approximate surface area is 179 Å². The van der Waals surface area contributed by atoms with Gasteiger partial charge in [0.25, 0.3) is 5.56 Å². The molecule has 7 heteroatoms. The Morgan fingerprint density at radius 3 is 2.35 bits per heavy atom. The zero-order valence-electron chi connectivity index (χ0n) is 17.4. The number of anilines is 1. The van der Waals surface area contributed by atoms with Crippen molar-refractivity contribution in [3.05, 3.63) is 74.9 Å². The number of aromatic amines is 1. The summed E-state index contributed by atoms with van der Waals surface area (Å²) in [6.45, 7) is 1.87. The summed E-state index contributed by atoms with van der Waals surface area (Å²) in [7, 11) is 0. The second-order valence-corrected chi connectivity index (χ2v) is 8.23.